The van der Waals surface area contributed by atoms with Crippen LogP contribution in [0.3, 0.4) is 0 Å². The Balaban J connectivity index is 1.28. The Morgan fingerprint density at radius 1 is 1.17 bits per heavy atom. The third-order valence-electron chi connectivity index (χ3n) is 5.67. The van der Waals surface area contributed by atoms with Gasteiger partial charge in [-0.25, -0.2) is 4.98 Å². The molecule has 0 bridgehead atoms. The molecule has 4 aromatic rings. The van der Waals surface area contributed by atoms with Crippen molar-refractivity contribution in [3.05, 3.63) is 54.5 Å². The van der Waals surface area contributed by atoms with Gasteiger partial charge in [-0.1, -0.05) is 18.2 Å². The summed E-state index contributed by atoms with van der Waals surface area (Å²) in [6.07, 6.45) is 3.79. The molecular weight excluding hydrogens is 366 g/mol. The van der Waals surface area contributed by atoms with Crippen LogP contribution in [0.15, 0.2) is 48.7 Å². The lowest BCUT2D eigenvalue weighted by Gasteiger charge is -2.31. The number of carbonyl (C=O) groups is 1. The van der Waals surface area contributed by atoms with Crippen LogP contribution in [-0.4, -0.2) is 43.1 Å². The second-order valence-corrected chi connectivity index (χ2v) is 7.51. The molecule has 4 heterocycles. The van der Waals surface area contributed by atoms with Gasteiger partial charge in [0.1, 0.15) is 5.82 Å². The van der Waals surface area contributed by atoms with Gasteiger partial charge < -0.3 is 14.8 Å². The van der Waals surface area contributed by atoms with Gasteiger partial charge in [-0.15, -0.1) is 10.2 Å². The lowest BCUT2D eigenvalue weighted by molar-refractivity contribution is -0.125. The average Bonchev–Trinajstić information content (AvgIpc) is 3.34. The lowest BCUT2D eigenvalue weighted by Crippen LogP contribution is -2.43. The Morgan fingerprint density at radius 2 is 2.03 bits per heavy atom. The molecule has 1 saturated heterocycles. The minimum absolute atomic E-state index is 0.0653. The smallest absolute Gasteiger partial charge is 0.231 e. The zero-order valence-corrected chi connectivity index (χ0v) is 16.3. The summed E-state index contributed by atoms with van der Waals surface area (Å²) >= 11 is 0. The second-order valence-electron chi connectivity index (χ2n) is 7.51. The van der Waals surface area contributed by atoms with E-state index in [0.29, 0.717) is 13.1 Å². The number of fused-ring (bicyclic) bond motifs is 2. The monoisotopic (exact) mass is 389 g/mol. The fraction of sp³-hybridized carbons (Fsp3) is 0.333. The van der Waals surface area contributed by atoms with Crippen LogP contribution in [0.5, 0.6) is 0 Å². The van der Waals surface area contributed by atoms with Crippen LogP contribution in [0.25, 0.3) is 16.7 Å². The van der Waals surface area contributed by atoms with E-state index in [4.69, 9.17) is 0 Å². The molecular formula is C21H23N7O. The number of amides is 1. The van der Waals surface area contributed by atoms with Crippen LogP contribution in [0, 0.1) is 5.92 Å². The number of benzene rings is 1. The summed E-state index contributed by atoms with van der Waals surface area (Å²) in [6.45, 7) is 1.95. The summed E-state index contributed by atoms with van der Waals surface area (Å²) in [5.74, 6) is 1.65. The third kappa shape index (κ3) is 3.20. The predicted octanol–water partition coefficient (Wildman–Crippen LogP) is 2.15. The highest BCUT2D eigenvalue weighted by Gasteiger charge is 2.28. The van der Waals surface area contributed by atoms with E-state index in [-0.39, 0.29) is 11.8 Å². The van der Waals surface area contributed by atoms with E-state index < -0.39 is 0 Å². The van der Waals surface area contributed by atoms with Gasteiger partial charge in [-0.2, -0.15) is 0 Å². The van der Waals surface area contributed by atoms with Gasteiger partial charge >= 0.3 is 0 Å². The largest absolute Gasteiger partial charge is 0.349 e. The Kier molecular flexibility index (Phi) is 4.38. The number of carbonyl (C=O) groups excluding carboxylic acids is 1. The van der Waals surface area contributed by atoms with Crippen LogP contribution in [0.4, 0.5) is 5.95 Å². The first-order chi connectivity index (χ1) is 14.2. The molecule has 1 unspecified atom stereocenters. The van der Waals surface area contributed by atoms with Crippen LogP contribution in [-0.2, 0) is 18.4 Å². The van der Waals surface area contributed by atoms with Gasteiger partial charge in [0.25, 0.3) is 0 Å². The summed E-state index contributed by atoms with van der Waals surface area (Å²) in [7, 11) is 1.98. The van der Waals surface area contributed by atoms with Gasteiger partial charge in [0.05, 0.1) is 23.5 Å². The molecule has 1 atom stereocenters. The van der Waals surface area contributed by atoms with Gasteiger partial charge in [0, 0.05) is 26.3 Å². The van der Waals surface area contributed by atoms with Gasteiger partial charge in [-0.3, -0.25) is 9.20 Å². The minimum Gasteiger partial charge on any atom is -0.349 e. The number of rotatable bonds is 4. The highest BCUT2D eigenvalue weighted by atomic mass is 16.1. The summed E-state index contributed by atoms with van der Waals surface area (Å²) in [4.78, 5) is 19.6. The maximum Gasteiger partial charge on any atom is 0.231 e. The third-order valence-corrected chi connectivity index (χ3v) is 5.67. The average molecular weight is 389 g/mol. The molecule has 1 aliphatic heterocycles. The van der Waals surface area contributed by atoms with Crippen molar-refractivity contribution in [3.8, 4) is 0 Å². The molecule has 0 aliphatic carbocycles. The highest BCUT2D eigenvalue weighted by Crippen LogP contribution is 2.23. The van der Waals surface area contributed by atoms with Crippen LogP contribution < -0.4 is 10.2 Å². The molecule has 0 spiro atoms. The van der Waals surface area contributed by atoms with E-state index in [1.165, 1.54) is 0 Å². The summed E-state index contributed by atoms with van der Waals surface area (Å²) in [5.41, 5.74) is 2.83. The topological polar surface area (TPSA) is 80.4 Å². The van der Waals surface area contributed by atoms with Crippen LogP contribution in [0.2, 0.25) is 0 Å². The number of hydrogen-bond acceptors (Lipinski definition) is 5. The van der Waals surface area contributed by atoms with E-state index in [0.717, 1.165) is 47.8 Å². The quantitative estimate of drug-likeness (QED) is 0.578. The Bertz CT molecular complexity index is 1180. The van der Waals surface area contributed by atoms with Crippen LogP contribution >= 0.6 is 0 Å². The number of aryl methyl sites for hydroxylation is 1. The first-order valence-electron chi connectivity index (χ1n) is 9.93. The Labute approximate surface area is 168 Å². The summed E-state index contributed by atoms with van der Waals surface area (Å²) < 4.78 is 4.00. The molecule has 0 radical (unpaired) electrons. The van der Waals surface area contributed by atoms with E-state index in [1.807, 2.05) is 64.7 Å². The number of para-hydroxylation sites is 2. The molecule has 5 rings (SSSR count). The van der Waals surface area contributed by atoms with Crippen molar-refractivity contribution in [3.63, 3.8) is 0 Å². The van der Waals surface area contributed by atoms with Gasteiger partial charge in [0.2, 0.25) is 11.9 Å². The molecule has 0 saturated carbocycles. The molecule has 3 aromatic heterocycles. The van der Waals surface area contributed by atoms with Crippen molar-refractivity contribution in [2.45, 2.75) is 19.4 Å². The molecule has 8 heteroatoms. The lowest BCUT2D eigenvalue weighted by atomic mass is 9.97. The zero-order valence-electron chi connectivity index (χ0n) is 16.3. The van der Waals surface area contributed by atoms with Crippen molar-refractivity contribution in [2.24, 2.45) is 13.0 Å². The molecule has 1 aromatic carbocycles. The van der Waals surface area contributed by atoms with Crippen molar-refractivity contribution < 1.29 is 4.79 Å². The van der Waals surface area contributed by atoms with Crippen molar-refractivity contribution in [1.29, 1.82) is 0 Å². The Hall–Kier alpha value is -3.42. The number of pyridine rings is 1. The maximum atomic E-state index is 12.9. The van der Waals surface area contributed by atoms with Crippen molar-refractivity contribution >= 4 is 28.5 Å². The van der Waals surface area contributed by atoms with Crippen LogP contribution in [0.1, 0.15) is 18.7 Å². The molecule has 1 fully saturated rings. The summed E-state index contributed by atoms with van der Waals surface area (Å²) in [5, 5.41) is 11.6. The predicted molar refractivity (Wildman–Crippen MR) is 110 cm³/mol. The Morgan fingerprint density at radius 3 is 2.93 bits per heavy atom. The highest BCUT2D eigenvalue weighted by molar-refractivity contribution is 5.80. The fourth-order valence-electron chi connectivity index (χ4n) is 4.08. The number of aromatic nitrogens is 5. The molecule has 29 heavy (non-hydrogen) atoms. The van der Waals surface area contributed by atoms with E-state index in [2.05, 4.69) is 25.4 Å². The molecule has 1 N–H and O–H groups in total. The number of piperidine rings is 1. The standard InChI is InChI=1S/C21H23N7O/c1-26-17-9-3-2-8-16(17)23-19(26)13-22-20(29)15-7-6-11-27(14-15)21-25-24-18-10-4-5-12-28(18)21/h2-5,8-10,12,15H,6-7,11,13-14H2,1H3,(H,22,29). The fourth-order valence-corrected chi connectivity index (χ4v) is 4.08. The number of nitrogens with zero attached hydrogens (tertiary/aromatic N) is 6. The maximum absolute atomic E-state index is 12.9. The summed E-state index contributed by atoms with van der Waals surface area (Å²) in [6, 6.07) is 13.8. The molecule has 1 aliphatic rings. The van der Waals surface area contributed by atoms with E-state index in [9.17, 15) is 4.79 Å². The van der Waals surface area contributed by atoms with E-state index in [1.54, 1.807) is 0 Å². The first kappa shape index (κ1) is 17.7. The van der Waals surface area contributed by atoms with Gasteiger partial charge in [0.15, 0.2) is 5.65 Å². The zero-order chi connectivity index (χ0) is 19.8. The number of nitrogens with one attached hydrogen (secondary N) is 1. The van der Waals surface area contributed by atoms with Gasteiger partial charge in [-0.05, 0) is 37.1 Å². The number of hydrogen-bond donors (Lipinski definition) is 1. The van der Waals surface area contributed by atoms with Crippen molar-refractivity contribution in [2.75, 3.05) is 18.0 Å². The molecule has 148 valence electrons. The number of anilines is 1. The number of imidazole rings is 1. The molecule has 1 amide bonds. The minimum atomic E-state index is -0.0745. The second kappa shape index (κ2) is 7.20. The first-order valence-corrected chi connectivity index (χ1v) is 9.93. The SMILES string of the molecule is Cn1c(CNC(=O)C2CCCN(c3nnc4ccccn34)C2)nc2ccccc21. The van der Waals surface area contributed by atoms with Crippen molar-refractivity contribution in [1.82, 2.24) is 29.5 Å². The van der Waals surface area contributed by atoms with E-state index >= 15 is 0 Å². The normalized spacial score (nSPS) is 17.1. The molecule has 8 nitrogen and oxygen atoms in total.